The van der Waals surface area contributed by atoms with E-state index in [1.165, 1.54) is 38.6 Å². The van der Waals surface area contributed by atoms with Gasteiger partial charge in [0.2, 0.25) is 0 Å². The van der Waals surface area contributed by atoms with Crippen LogP contribution in [0.3, 0.4) is 0 Å². The molecule has 2 saturated heterocycles. The molecule has 0 aromatic heterocycles. The summed E-state index contributed by atoms with van der Waals surface area (Å²) < 4.78 is 5.44. The lowest BCUT2D eigenvalue weighted by Gasteiger charge is -2.35. The van der Waals surface area contributed by atoms with Crippen LogP contribution in [0.4, 0.5) is 0 Å². The number of hydrogen-bond acceptors (Lipinski definition) is 3. The zero-order chi connectivity index (χ0) is 12.1. The van der Waals surface area contributed by atoms with Crippen molar-refractivity contribution in [2.24, 2.45) is 5.41 Å². The van der Waals surface area contributed by atoms with Gasteiger partial charge in [0.15, 0.2) is 0 Å². The van der Waals surface area contributed by atoms with E-state index in [2.05, 4.69) is 24.5 Å². The number of rotatable bonds is 5. The van der Waals surface area contributed by atoms with Crippen molar-refractivity contribution in [3.63, 3.8) is 0 Å². The van der Waals surface area contributed by atoms with Gasteiger partial charge >= 0.3 is 0 Å². The van der Waals surface area contributed by atoms with Gasteiger partial charge in [-0.1, -0.05) is 6.92 Å². The van der Waals surface area contributed by atoms with Crippen molar-refractivity contribution in [2.45, 2.75) is 58.0 Å². The standard InChI is InChI=1S/C14H28N2O/c1-12(10-13-4-3-7-15-13)16-11-14(2)5-8-17-9-6-14/h12-13,15-16H,3-11H2,1-2H3. The van der Waals surface area contributed by atoms with E-state index in [4.69, 9.17) is 4.74 Å². The van der Waals surface area contributed by atoms with Crippen LogP contribution in [-0.2, 0) is 4.74 Å². The van der Waals surface area contributed by atoms with Crippen LogP contribution < -0.4 is 10.6 Å². The summed E-state index contributed by atoms with van der Waals surface area (Å²) in [5.74, 6) is 0. The minimum Gasteiger partial charge on any atom is -0.381 e. The Balaban J connectivity index is 1.65. The van der Waals surface area contributed by atoms with Crippen molar-refractivity contribution >= 4 is 0 Å². The molecule has 2 rings (SSSR count). The van der Waals surface area contributed by atoms with E-state index in [9.17, 15) is 0 Å². The van der Waals surface area contributed by atoms with Crippen molar-refractivity contribution in [2.75, 3.05) is 26.3 Å². The predicted molar refractivity (Wildman–Crippen MR) is 71.3 cm³/mol. The summed E-state index contributed by atoms with van der Waals surface area (Å²) in [5.41, 5.74) is 0.454. The maximum absolute atomic E-state index is 5.44. The van der Waals surface area contributed by atoms with Gasteiger partial charge in [-0.05, 0) is 51.0 Å². The maximum atomic E-state index is 5.44. The van der Waals surface area contributed by atoms with Gasteiger partial charge < -0.3 is 15.4 Å². The van der Waals surface area contributed by atoms with Gasteiger partial charge in [0.05, 0.1) is 0 Å². The molecule has 2 aliphatic heterocycles. The normalized spacial score (nSPS) is 30.4. The average molecular weight is 240 g/mol. The lowest BCUT2D eigenvalue weighted by atomic mass is 9.82. The van der Waals surface area contributed by atoms with Crippen LogP contribution in [0.25, 0.3) is 0 Å². The zero-order valence-corrected chi connectivity index (χ0v) is 11.4. The van der Waals surface area contributed by atoms with Crippen molar-refractivity contribution in [1.29, 1.82) is 0 Å². The summed E-state index contributed by atoms with van der Waals surface area (Å²) in [4.78, 5) is 0. The van der Waals surface area contributed by atoms with Crippen molar-refractivity contribution in [1.82, 2.24) is 10.6 Å². The Kier molecular flexibility index (Phi) is 4.83. The van der Waals surface area contributed by atoms with Crippen LogP contribution in [0, 0.1) is 5.41 Å². The fourth-order valence-corrected chi connectivity index (χ4v) is 2.93. The monoisotopic (exact) mass is 240 g/mol. The van der Waals surface area contributed by atoms with E-state index in [0.29, 0.717) is 11.5 Å². The molecule has 2 unspecified atom stereocenters. The molecule has 0 spiro atoms. The molecule has 0 amide bonds. The molecule has 100 valence electrons. The van der Waals surface area contributed by atoms with E-state index < -0.39 is 0 Å². The first-order chi connectivity index (χ1) is 8.18. The molecule has 0 bridgehead atoms. The first kappa shape index (κ1) is 13.3. The van der Waals surface area contributed by atoms with Crippen LogP contribution in [0.2, 0.25) is 0 Å². The highest BCUT2D eigenvalue weighted by atomic mass is 16.5. The summed E-state index contributed by atoms with van der Waals surface area (Å²) >= 11 is 0. The highest BCUT2D eigenvalue weighted by Gasteiger charge is 2.27. The Morgan fingerprint density at radius 3 is 2.82 bits per heavy atom. The van der Waals surface area contributed by atoms with Crippen LogP contribution >= 0.6 is 0 Å². The van der Waals surface area contributed by atoms with Gasteiger partial charge in [0, 0.05) is 31.8 Å². The van der Waals surface area contributed by atoms with Crippen LogP contribution in [0.15, 0.2) is 0 Å². The summed E-state index contributed by atoms with van der Waals surface area (Å²) in [6, 6.07) is 1.38. The molecular formula is C14H28N2O. The van der Waals surface area contributed by atoms with Crippen molar-refractivity contribution in [3.05, 3.63) is 0 Å². The second kappa shape index (κ2) is 6.17. The van der Waals surface area contributed by atoms with Crippen LogP contribution in [0.5, 0.6) is 0 Å². The SMILES string of the molecule is CC(CC1CCCN1)NCC1(C)CCOCC1. The van der Waals surface area contributed by atoms with E-state index in [1.807, 2.05) is 0 Å². The Labute approximate surface area is 106 Å². The Hall–Kier alpha value is -0.120. The number of hydrogen-bond donors (Lipinski definition) is 2. The zero-order valence-electron chi connectivity index (χ0n) is 11.4. The van der Waals surface area contributed by atoms with E-state index in [1.54, 1.807) is 0 Å². The molecule has 0 saturated carbocycles. The molecule has 0 aliphatic carbocycles. The summed E-state index contributed by atoms with van der Waals surface area (Å²) in [7, 11) is 0. The quantitative estimate of drug-likeness (QED) is 0.770. The van der Waals surface area contributed by atoms with Gasteiger partial charge in [0.1, 0.15) is 0 Å². The van der Waals surface area contributed by atoms with E-state index in [-0.39, 0.29) is 0 Å². The number of nitrogens with one attached hydrogen (secondary N) is 2. The lowest BCUT2D eigenvalue weighted by molar-refractivity contribution is 0.0229. The molecule has 2 heterocycles. The molecule has 2 fully saturated rings. The van der Waals surface area contributed by atoms with E-state index >= 15 is 0 Å². The predicted octanol–water partition coefficient (Wildman–Crippen LogP) is 1.92. The highest BCUT2D eigenvalue weighted by Crippen LogP contribution is 2.28. The lowest BCUT2D eigenvalue weighted by Crippen LogP contribution is -2.42. The largest absolute Gasteiger partial charge is 0.381 e. The van der Waals surface area contributed by atoms with Gasteiger partial charge in [0.25, 0.3) is 0 Å². The second-order valence-electron chi connectivity index (χ2n) is 6.23. The van der Waals surface area contributed by atoms with Gasteiger partial charge in [-0.15, -0.1) is 0 Å². The third-order valence-electron chi connectivity index (χ3n) is 4.38. The molecule has 2 atom stereocenters. The number of ether oxygens (including phenoxy) is 1. The molecular weight excluding hydrogens is 212 g/mol. The van der Waals surface area contributed by atoms with Crippen LogP contribution in [-0.4, -0.2) is 38.4 Å². The van der Waals surface area contributed by atoms with Crippen molar-refractivity contribution < 1.29 is 4.74 Å². The summed E-state index contributed by atoms with van der Waals surface area (Å²) in [6.45, 7) is 8.95. The molecule has 0 aromatic rings. The van der Waals surface area contributed by atoms with E-state index in [0.717, 1.165) is 25.8 Å². The molecule has 0 radical (unpaired) electrons. The fraction of sp³-hybridized carbons (Fsp3) is 1.00. The molecule has 17 heavy (non-hydrogen) atoms. The van der Waals surface area contributed by atoms with Crippen molar-refractivity contribution in [3.8, 4) is 0 Å². The minimum absolute atomic E-state index is 0.454. The molecule has 2 N–H and O–H groups in total. The molecule has 2 aliphatic rings. The van der Waals surface area contributed by atoms with Gasteiger partial charge in [-0.2, -0.15) is 0 Å². The first-order valence-corrected chi connectivity index (χ1v) is 7.22. The smallest absolute Gasteiger partial charge is 0.0471 e. The second-order valence-corrected chi connectivity index (χ2v) is 6.23. The molecule has 0 aromatic carbocycles. The summed E-state index contributed by atoms with van der Waals surface area (Å²) in [5, 5.41) is 7.30. The molecule has 3 nitrogen and oxygen atoms in total. The topological polar surface area (TPSA) is 33.3 Å². The molecule has 3 heteroatoms. The highest BCUT2D eigenvalue weighted by molar-refractivity contribution is 4.83. The minimum atomic E-state index is 0.454. The average Bonchev–Trinajstić information content (AvgIpc) is 2.80. The van der Waals surface area contributed by atoms with Gasteiger partial charge in [-0.3, -0.25) is 0 Å². The third-order valence-corrected chi connectivity index (χ3v) is 4.38. The maximum Gasteiger partial charge on any atom is 0.0471 e. The summed E-state index contributed by atoms with van der Waals surface area (Å²) in [6.07, 6.45) is 6.39. The van der Waals surface area contributed by atoms with Gasteiger partial charge in [-0.25, -0.2) is 0 Å². The third kappa shape index (κ3) is 4.23. The first-order valence-electron chi connectivity index (χ1n) is 7.22. The Morgan fingerprint density at radius 1 is 1.41 bits per heavy atom. The Bertz CT molecular complexity index is 220. The Morgan fingerprint density at radius 2 is 2.18 bits per heavy atom. The fourth-order valence-electron chi connectivity index (χ4n) is 2.93. The van der Waals surface area contributed by atoms with Crippen LogP contribution in [0.1, 0.15) is 46.0 Å².